The normalized spacial score (nSPS) is 16.7. The van der Waals surface area contributed by atoms with Gasteiger partial charge >= 0.3 is 6.18 Å². The minimum Gasteiger partial charge on any atom is -0.409 e. The van der Waals surface area contributed by atoms with E-state index in [-0.39, 0.29) is 18.4 Å². The number of oxime groups is 1. The smallest absolute Gasteiger partial charge is 0.401 e. The Labute approximate surface area is 114 Å². The van der Waals surface area contributed by atoms with Crippen LogP contribution < -0.4 is 5.73 Å². The van der Waals surface area contributed by atoms with Crippen molar-refractivity contribution in [2.45, 2.75) is 31.6 Å². The predicted molar refractivity (Wildman–Crippen MR) is 68.4 cm³/mol. The van der Waals surface area contributed by atoms with Crippen LogP contribution >= 0.6 is 0 Å². The number of alkyl halides is 3. The number of halogens is 3. The van der Waals surface area contributed by atoms with Gasteiger partial charge in [0.25, 0.3) is 0 Å². The molecule has 3 N–H and O–H groups in total. The molecule has 0 spiro atoms. The van der Waals surface area contributed by atoms with Crippen molar-refractivity contribution < 1.29 is 18.4 Å². The number of benzene rings is 1. The van der Waals surface area contributed by atoms with E-state index in [0.717, 1.165) is 12.8 Å². The zero-order chi connectivity index (χ0) is 14.8. The molecule has 1 saturated carbocycles. The number of hydrogen-bond acceptors (Lipinski definition) is 3. The van der Waals surface area contributed by atoms with Gasteiger partial charge in [0, 0.05) is 18.2 Å². The molecule has 1 aromatic carbocycles. The zero-order valence-electron chi connectivity index (χ0n) is 10.8. The Morgan fingerprint density at radius 1 is 1.40 bits per heavy atom. The molecule has 0 atom stereocenters. The first kappa shape index (κ1) is 14.6. The van der Waals surface area contributed by atoms with Crippen LogP contribution in [0.5, 0.6) is 0 Å². The topological polar surface area (TPSA) is 61.9 Å². The Balaban J connectivity index is 2.10. The zero-order valence-corrected chi connectivity index (χ0v) is 10.8. The molecule has 20 heavy (non-hydrogen) atoms. The molecule has 7 heteroatoms. The summed E-state index contributed by atoms with van der Waals surface area (Å²) in [4.78, 5) is 1.42. The minimum atomic E-state index is -4.20. The highest BCUT2D eigenvalue weighted by atomic mass is 19.4. The third-order valence-electron chi connectivity index (χ3n) is 3.16. The Hall–Kier alpha value is -1.76. The third-order valence-corrected chi connectivity index (χ3v) is 3.16. The third kappa shape index (κ3) is 4.12. The van der Waals surface area contributed by atoms with Crippen LogP contribution in [0.15, 0.2) is 29.4 Å². The maximum Gasteiger partial charge on any atom is 0.401 e. The monoisotopic (exact) mass is 287 g/mol. The lowest BCUT2D eigenvalue weighted by atomic mass is 10.1. The maximum atomic E-state index is 12.5. The summed E-state index contributed by atoms with van der Waals surface area (Å²) < 4.78 is 37.6. The summed E-state index contributed by atoms with van der Waals surface area (Å²) in [5.74, 6) is -0.0550. The van der Waals surface area contributed by atoms with Crippen LogP contribution in [0.1, 0.15) is 24.0 Å². The molecule has 0 bridgehead atoms. The van der Waals surface area contributed by atoms with E-state index in [0.29, 0.717) is 11.1 Å². The molecule has 0 heterocycles. The molecule has 4 nitrogen and oxygen atoms in total. The van der Waals surface area contributed by atoms with Gasteiger partial charge in [-0.3, -0.25) is 4.90 Å². The van der Waals surface area contributed by atoms with E-state index in [9.17, 15) is 13.2 Å². The van der Waals surface area contributed by atoms with Crippen molar-refractivity contribution in [1.29, 1.82) is 0 Å². The van der Waals surface area contributed by atoms with Gasteiger partial charge < -0.3 is 10.9 Å². The first-order valence-corrected chi connectivity index (χ1v) is 6.26. The van der Waals surface area contributed by atoms with Gasteiger partial charge in [-0.05, 0) is 24.5 Å². The summed E-state index contributed by atoms with van der Waals surface area (Å²) in [5, 5.41) is 11.5. The molecule has 0 saturated heterocycles. The first-order valence-electron chi connectivity index (χ1n) is 6.26. The Morgan fingerprint density at radius 3 is 2.65 bits per heavy atom. The number of nitrogens with zero attached hydrogens (tertiary/aromatic N) is 2. The minimum absolute atomic E-state index is 0.00383. The molecule has 0 unspecified atom stereocenters. The Morgan fingerprint density at radius 2 is 2.10 bits per heavy atom. The molecule has 0 radical (unpaired) electrons. The van der Waals surface area contributed by atoms with Crippen LogP contribution in [0, 0.1) is 0 Å². The van der Waals surface area contributed by atoms with E-state index in [1.807, 2.05) is 0 Å². The van der Waals surface area contributed by atoms with E-state index >= 15 is 0 Å². The molecule has 2 rings (SSSR count). The van der Waals surface area contributed by atoms with Crippen molar-refractivity contribution in [3.63, 3.8) is 0 Å². The highest BCUT2D eigenvalue weighted by molar-refractivity contribution is 5.97. The van der Waals surface area contributed by atoms with E-state index in [1.165, 1.54) is 4.90 Å². The van der Waals surface area contributed by atoms with E-state index < -0.39 is 12.7 Å². The second-order valence-electron chi connectivity index (χ2n) is 4.94. The van der Waals surface area contributed by atoms with Crippen LogP contribution in [-0.4, -0.2) is 34.7 Å². The van der Waals surface area contributed by atoms with Gasteiger partial charge in [-0.25, -0.2) is 0 Å². The molecule has 0 amide bonds. The van der Waals surface area contributed by atoms with Gasteiger partial charge in [-0.1, -0.05) is 23.4 Å². The average Bonchev–Trinajstić information content (AvgIpc) is 3.20. The van der Waals surface area contributed by atoms with Gasteiger partial charge in [0.05, 0.1) is 6.54 Å². The summed E-state index contributed by atoms with van der Waals surface area (Å²) in [6.07, 6.45) is -2.60. The molecular weight excluding hydrogens is 271 g/mol. The fourth-order valence-electron chi connectivity index (χ4n) is 2.11. The van der Waals surface area contributed by atoms with Crippen LogP contribution in [0.3, 0.4) is 0 Å². The summed E-state index contributed by atoms with van der Waals surface area (Å²) in [6, 6.07) is 6.70. The summed E-state index contributed by atoms with van der Waals surface area (Å²) in [5.41, 5.74) is 6.68. The number of hydrogen-bond donors (Lipinski definition) is 2. The van der Waals surface area contributed by atoms with Gasteiger partial charge in [-0.2, -0.15) is 13.2 Å². The maximum absolute atomic E-state index is 12.5. The highest BCUT2D eigenvalue weighted by Gasteiger charge is 2.37. The summed E-state index contributed by atoms with van der Waals surface area (Å²) in [7, 11) is 0. The fraction of sp³-hybridized carbons (Fsp3) is 0.462. The van der Waals surface area contributed by atoms with Crippen molar-refractivity contribution in [1.82, 2.24) is 4.90 Å². The first-order chi connectivity index (χ1) is 9.39. The molecule has 0 aromatic heterocycles. The fourth-order valence-corrected chi connectivity index (χ4v) is 2.11. The highest BCUT2D eigenvalue weighted by Crippen LogP contribution is 2.31. The van der Waals surface area contributed by atoms with Crippen LogP contribution in [0.4, 0.5) is 13.2 Å². The standard InChI is InChI=1S/C13H16F3N3O/c14-13(15,16)8-19(11-4-5-11)7-9-2-1-3-10(6-9)12(17)18-20/h1-3,6,11,20H,4-5,7-8H2,(H2,17,18). The lowest BCUT2D eigenvalue weighted by Crippen LogP contribution is -2.35. The lowest BCUT2D eigenvalue weighted by Gasteiger charge is -2.23. The summed E-state index contributed by atoms with van der Waals surface area (Å²) in [6.45, 7) is -0.706. The van der Waals surface area contributed by atoms with E-state index in [4.69, 9.17) is 10.9 Å². The van der Waals surface area contributed by atoms with Gasteiger partial charge in [0.2, 0.25) is 0 Å². The number of rotatable bonds is 5. The molecule has 0 aliphatic heterocycles. The molecule has 1 fully saturated rings. The molecule has 1 aliphatic carbocycles. The second-order valence-corrected chi connectivity index (χ2v) is 4.94. The molecule has 1 aliphatic rings. The van der Waals surface area contributed by atoms with Crippen molar-refractivity contribution in [2.24, 2.45) is 10.9 Å². The SMILES string of the molecule is NC(=NO)c1cccc(CN(CC(F)(F)F)C2CC2)c1. The Bertz CT molecular complexity index is 498. The van der Waals surface area contributed by atoms with Crippen LogP contribution in [0.2, 0.25) is 0 Å². The number of amidine groups is 1. The largest absolute Gasteiger partial charge is 0.409 e. The Kier molecular flexibility index (Phi) is 4.17. The molecular formula is C13H16F3N3O. The second kappa shape index (κ2) is 5.70. The van der Waals surface area contributed by atoms with E-state index in [1.54, 1.807) is 24.3 Å². The van der Waals surface area contributed by atoms with Crippen LogP contribution in [0.25, 0.3) is 0 Å². The van der Waals surface area contributed by atoms with Crippen LogP contribution in [-0.2, 0) is 6.54 Å². The molecule has 110 valence electrons. The van der Waals surface area contributed by atoms with Crippen molar-refractivity contribution in [2.75, 3.05) is 6.54 Å². The van der Waals surface area contributed by atoms with Crippen molar-refractivity contribution in [3.8, 4) is 0 Å². The predicted octanol–water partition coefficient (Wildman–Crippen LogP) is 2.31. The van der Waals surface area contributed by atoms with Gasteiger partial charge in [0.15, 0.2) is 5.84 Å². The molecule has 1 aromatic rings. The average molecular weight is 287 g/mol. The van der Waals surface area contributed by atoms with Crippen molar-refractivity contribution >= 4 is 5.84 Å². The van der Waals surface area contributed by atoms with Gasteiger partial charge in [0.1, 0.15) is 0 Å². The quantitative estimate of drug-likeness (QED) is 0.378. The number of nitrogens with two attached hydrogens (primary N) is 1. The lowest BCUT2D eigenvalue weighted by molar-refractivity contribution is -0.148. The van der Waals surface area contributed by atoms with Gasteiger partial charge in [-0.15, -0.1) is 0 Å². The van der Waals surface area contributed by atoms with Crippen molar-refractivity contribution in [3.05, 3.63) is 35.4 Å². The van der Waals surface area contributed by atoms with E-state index in [2.05, 4.69) is 5.16 Å². The summed E-state index contributed by atoms with van der Waals surface area (Å²) >= 11 is 0.